The topological polar surface area (TPSA) is 81.7 Å². The summed E-state index contributed by atoms with van der Waals surface area (Å²) < 4.78 is 33.9. The van der Waals surface area contributed by atoms with Gasteiger partial charge in [0, 0.05) is 6.54 Å². The Morgan fingerprint density at radius 1 is 1.18 bits per heavy atom. The second-order valence-corrected chi connectivity index (χ2v) is 8.01. The molecule has 1 N–H and O–H groups in total. The molecule has 22 heavy (non-hydrogen) atoms. The molecule has 6 nitrogen and oxygen atoms in total. The van der Waals surface area contributed by atoms with Gasteiger partial charge in [-0.1, -0.05) is 12.1 Å². The SMILES string of the molecule is O=C(NCC1CCS(=O)(=O)CC1)C1COc2ccccc2O1. The highest BCUT2D eigenvalue weighted by Gasteiger charge is 2.29. The Morgan fingerprint density at radius 3 is 2.59 bits per heavy atom. The molecule has 1 aromatic rings. The smallest absolute Gasteiger partial charge is 0.264 e. The van der Waals surface area contributed by atoms with Crippen molar-refractivity contribution in [1.82, 2.24) is 5.32 Å². The minimum Gasteiger partial charge on any atom is -0.485 e. The van der Waals surface area contributed by atoms with Crippen LogP contribution in [0.15, 0.2) is 24.3 Å². The number of hydrogen-bond acceptors (Lipinski definition) is 5. The van der Waals surface area contributed by atoms with E-state index in [1.165, 1.54) is 0 Å². The number of nitrogens with one attached hydrogen (secondary N) is 1. The zero-order valence-electron chi connectivity index (χ0n) is 12.2. The normalized spacial score (nSPS) is 23.7. The van der Waals surface area contributed by atoms with Gasteiger partial charge in [-0.3, -0.25) is 4.79 Å². The average Bonchev–Trinajstić information content (AvgIpc) is 2.53. The van der Waals surface area contributed by atoms with E-state index in [0.717, 1.165) is 0 Å². The van der Waals surface area contributed by atoms with E-state index in [1.54, 1.807) is 12.1 Å². The maximum atomic E-state index is 12.1. The van der Waals surface area contributed by atoms with E-state index in [-0.39, 0.29) is 29.9 Å². The van der Waals surface area contributed by atoms with E-state index in [0.29, 0.717) is 30.9 Å². The van der Waals surface area contributed by atoms with Crippen molar-refractivity contribution in [2.75, 3.05) is 24.7 Å². The van der Waals surface area contributed by atoms with Gasteiger partial charge in [-0.25, -0.2) is 8.42 Å². The molecule has 0 radical (unpaired) electrons. The molecule has 2 heterocycles. The van der Waals surface area contributed by atoms with Crippen LogP contribution in [0.25, 0.3) is 0 Å². The van der Waals surface area contributed by atoms with Crippen molar-refractivity contribution in [2.24, 2.45) is 5.92 Å². The van der Waals surface area contributed by atoms with Crippen LogP contribution >= 0.6 is 0 Å². The predicted octanol–water partition coefficient (Wildman–Crippen LogP) is 0.767. The molecule has 1 atom stereocenters. The highest BCUT2D eigenvalue weighted by Crippen LogP contribution is 2.30. The Balaban J connectivity index is 1.49. The van der Waals surface area contributed by atoms with Gasteiger partial charge in [0.2, 0.25) is 6.10 Å². The van der Waals surface area contributed by atoms with E-state index >= 15 is 0 Å². The Kier molecular flexibility index (Phi) is 4.24. The van der Waals surface area contributed by atoms with Gasteiger partial charge in [-0.2, -0.15) is 0 Å². The summed E-state index contributed by atoms with van der Waals surface area (Å²) in [7, 11) is -2.87. The first-order valence-corrected chi connectivity index (χ1v) is 9.22. The molecule has 0 aliphatic carbocycles. The number of hydrogen-bond donors (Lipinski definition) is 1. The highest BCUT2D eigenvalue weighted by atomic mass is 32.2. The molecule has 2 aliphatic rings. The van der Waals surface area contributed by atoms with Gasteiger partial charge in [-0.15, -0.1) is 0 Å². The fraction of sp³-hybridized carbons (Fsp3) is 0.533. The van der Waals surface area contributed by atoms with Crippen LogP contribution in [-0.4, -0.2) is 45.1 Å². The fourth-order valence-electron chi connectivity index (χ4n) is 2.65. The summed E-state index contributed by atoms with van der Waals surface area (Å²) in [6.45, 7) is 0.664. The molecule has 1 saturated heterocycles. The van der Waals surface area contributed by atoms with Gasteiger partial charge < -0.3 is 14.8 Å². The first-order valence-electron chi connectivity index (χ1n) is 7.40. The predicted molar refractivity (Wildman–Crippen MR) is 80.7 cm³/mol. The Morgan fingerprint density at radius 2 is 1.86 bits per heavy atom. The van der Waals surface area contributed by atoms with Gasteiger partial charge in [0.25, 0.3) is 5.91 Å². The summed E-state index contributed by atoms with van der Waals surface area (Å²) in [5.74, 6) is 1.63. The number of benzene rings is 1. The fourth-order valence-corrected chi connectivity index (χ4v) is 4.24. The molecule has 7 heteroatoms. The Hall–Kier alpha value is -1.76. The largest absolute Gasteiger partial charge is 0.485 e. The van der Waals surface area contributed by atoms with Crippen molar-refractivity contribution >= 4 is 15.7 Å². The second-order valence-electron chi connectivity index (χ2n) is 5.70. The standard InChI is InChI=1S/C15H19NO5S/c17-15(16-9-11-5-7-22(18,19)8-6-11)14-10-20-12-3-1-2-4-13(12)21-14/h1-4,11,14H,5-10H2,(H,16,17). The molecule has 1 fully saturated rings. The van der Waals surface area contributed by atoms with Crippen molar-refractivity contribution in [3.8, 4) is 11.5 Å². The van der Waals surface area contributed by atoms with E-state index in [4.69, 9.17) is 9.47 Å². The number of para-hydroxylation sites is 2. The molecule has 1 unspecified atom stereocenters. The lowest BCUT2D eigenvalue weighted by Gasteiger charge is -2.27. The Labute approximate surface area is 129 Å². The van der Waals surface area contributed by atoms with Crippen molar-refractivity contribution < 1.29 is 22.7 Å². The van der Waals surface area contributed by atoms with Crippen LogP contribution < -0.4 is 14.8 Å². The average molecular weight is 325 g/mol. The molecule has 1 amide bonds. The number of carbonyl (C=O) groups excluding carboxylic acids is 1. The molecule has 1 aromatic carbocycles. The number of carbonyl (C=O) groups is 1. The van der Waals surface area contributed by atoms with Crippen LogP contribution in [0.5, 0.6) is 11.5 Å². The van der Waals surface area contributed by atoms with Gasteiger partial charge in [0.1, 0.15) is 16.4 Å². The Bertz CT molecular complexity index is 644. The minimum absolute atomic E-state index is 0.182. The maximum Gasteiger partial charge on any atom is 0.264 e. The molecule has 2 aliphatic heterocycles. The van der Waals surface area contributed by atoms with Crippen LogP contribution in [0.2, 0.25) is 0 Å². The van der Waals surface area contributed by atoms with Crippen LogP contribution in [0.1, 0.15) is 12.8 Å². The van der Waals surface area contributed by atoms with Gasteiger partial charge in [-0.05, 0) is 30.9 Å². The number of fused-ring (bicyclic) bond motifs is 1. The van der Waals surface area contributed by atoms with Crippen molar-refractivity contribution in [1.29, 1.82) is 0 Å². The molecule has 0 saturated carbocycles. The van der Waals surface area contributed by atoms with Gasteiger partial charge in [0.05, 0.1) is 11.5 Å². The number of rotatable bonds is 3. The van der Waals surface area contributed by atoms with E-state index < -0.39 is 15.9 Å². The summed E-state index contributed by atoms with van der Waals surface area (Å²) in [6, 6.07) is 7.23. The quantitative estimate of drug-likeness (QED) is 0.887. The van der Waals surface area contributed by atoms with E-state index in [1.807, 2.05) is 12.1 Å². The molecule has 3 rings (SSSR count). The zero-order chi connectivity index (χ0) is 15.6. The van der Waals surface area contributed by atoms with Crippen molar-refractivity contribution in [3.05, 3.63) is 24.3 Å². The van der Waals surface area contributed by atoms with Crippen LogP contribution in [-0.2, 0) is 14.6 Å². The van der Waals surface area contributed by atoms with Crippen molar-refractivity contribution in [2.45, 2.75) is 18.9 Å². The summed E-state index contributed by atoms with van der Waals surface area (Å²) >= 11 is 0. The summed E-state index contributed by atoms with van der Waals surface area (Å²) in [5, 5.41) is 2.84. The second kappa shape index (κ2) is 6.16. The third kappa shape index (κ3) is 3.52. The number of sulfone groups is 1. The van der Waals surface area contributed by atoms with Crippen LogP contribution in [0.3, 0.4) is 0 Å². The molecule has 0 aromatic heterocycles. The molecule has 0 bridgehead atoms. The lowest BCUT2D eigenvalue weighted by Crippen LogP contribution is -2.45. The monoisotopic (exact) mass is 325 g/mol. The first kappa shape index (κ1) is 15.1. The van der Waals surface area contributed by atoms with Crippen LogP contribution in [0, 0.1) is 5.92 Å². The lowest BCUT2D eigenvalue weighted by atomic mass is 10.0. The number of amides is 1. The molecule has 0 spiro atoms. The summed E-state index contributed by atoms with van der Waals surface area (Å²) in [4.78, 5) is 12.1. The molecule has 120 valence electrons. The molecular weight excluding hydrogens is 306 g/mol. The first-order chi connectivity index (χ1) is 10.5. The van der Waals surface area contributed by atoms with E-state index in [9.17, 15) is 13.2 Å². The minimum atomic E-state index is -2.87. The highest BCUT2D eigenvalue weighted by molar-refractivity contribution is 7.91. The number of ether oxygens (including phenoxy) is 2. The summed E-state index contributed by atoms with van der Waals surface area (Å²) in [6.07, 6.45) is 0.545. The zero-order valence-corrected chi connectivity index (χ0v) is 13.0. The summed E-state index contributed by atoms with van der Waals surface area (Å²) in [5.41, 5.74) is 0. The van der Waals surface area contributed by atoms with Gasteiger partial charge >= 0.3 is 0 Å². The molecular formula is C15H19NO5S. The maximum absolute atomic E-state index is 12.1. The third-order valence-electron chi connectivity index (χ3n) is 4.04. The third-order valence-corrected chi connectivity index (χ3v) is 5.76. The lowest BCUT2D eigenvalue weighted by molar-refractivity contribution is -0.130. The van der Waals surface area contributed by atoms with E-state index in [2.05, 4.69) is 5.32 Å². The van der Waals surface area contributed by atoms with Crippen LogP contribution in [0.4, 0.5) is 0 Å². The van der Waals surface area contributed by atoms with Crippen molar-refractivity contribution in [3.63, 3.8) is 0 Å². The van der Waals surface area contributed by atoms with Gasteiger partial charge in [0.15, 0.2) is 11.5 Å².